The maximum Gasteiger partial charge on any atom is 0.267 e. The summed E-state index contributed by atoms with van der Waals surface area (Å²) >= 11 is -1.21. The molecule has 0 spiro atoms. The molecule has 2 unspecified atom stereocenters. The molecule has 0 saturated heterocycles. The normalized spacial score (nSPS) is 17.5. The molecule has 3 rings (SSSR count). The maximum absolute atomic E-state index is 12.6. The second kappa shape index (κ2) is 7.35. The van der Waals surface area contributed by atoms with Gasteiger partial charge in [-0.25, -0.2) is 0 Å². The van der Waals surface area contributed by atoms with Crippen molar-refractivity contribution < 1.29 is 27.0 Å². The maximum atomic E-state index is 12.6. The molecule has 1 aliphatic heterocycles. The number of hydrogen-bond acceptors (Lipinski definition) is 5. The Morgan fingerprint density at radius 1 is 1.20 bits per heavy atom. The van der Waals surface area contributed by atoms with E-state index in [1.165, 1.54) is 0 Å². The summed E-state index contributed by atoms with van der Waals surface area (Å²) in [4.78, 5) is 1.61. The van der Waals surface area contributed by atoms with Crippen LogP contribution in [-0.2, 0) is 32.5 Å². The van der Waals surface area contributed by atoms with E-state index in [-0.39, 0.29) is 6.61 Å². The Hall–Kier alpha value is -1.58. The zero-order chi connectivity index (χ0) is 18.0. The Morgan fingerprint density at radius 2 is 1.92 bits per heavy atom. The van der Waals surface area contributed by atoms with Crippen molar-refractivity contribution >= 4 is 21.3 Å². The average Bonchev–Trinajstić information content (AvgIpc) is 2.53. The van der Waals surface area contributed by atoms with Crippen molar-refractivity contribution in [2.45, 2.75) is 29.4 Å². The van der Waals surface area contributed by atoms with E-state index in [0.717, 1.165) is 20.9 Å². The van der Waals surface area contributed by atoms with Crippen LogP contribution < -0.4 is 4.74 Å². The van der Waals surface area contributed by atoms with E-state index in [0.29, 0.717) is 12.2 Å². The molecule has 2 atom stereocenters. The lowest BCUT2D eigenvalue weighted by Gasteiger charge is -2.22. The molecule has 1 aliphatic rings. The van der Waals surface area contributed by atoms with Gasteiger partial charge in [-0.15, -0.1) is 0 Å². The lowest BCUT2D eigenvalue weighted by atomic mass is 10.0. The van der Waals surface area contributed by atoms with E-state index in [1.54, 1.807) is 19.1 Å². The van der Waals surface area contributed by atoms with Gasteiger partial charge in [0.1, 0.15) is 5.75 Å². The second-order valence-electron chi connectivity index (χ2n) is 5.67. The van der Waals surface area contributed by atoms with Gasteiger partial charge in [0.2, 0.25) is 0 Å². The van der Waals surface area contributed by atoms with Crippen molar-refractivity contribution in [3.8, 4) is 5.75 Å². The minimum absolute atomic E-state index is 0.164. The van der Waals surface area contributed by atoms with Gasteiger partial charge in [0.15, 0.2) is 16.1 Å². The van der Waals surface area contributed by atoms with E-state index >= 15 is 0 Å². The molecule has 0 aromatic heterocycles. The van der Waals surface area contributed by atoms with Crippen molar-refractivity contribution in [2.24, 2.45) is 0 Å². The van der Waals surface area contributed by atoms with Crippen molar-refractivity contribution in [2.75, 3.05) is 12.4 Å². The molecule has 0 saturated carbocycles. The highest BCUT2D eigenvalue weighted by atomic mass is 32.2. The molecule has 134 valence electrons. The first-order chi connectivity index (χ1) is 11.8. The third-order valence-corrected chi connectivity index (χ3v) is 6.06. The van der Waals surface area contributed by atoms with Gasteiger partial charge in [0.25, 0.3) is 10.1 Å². The third-order valence-electron chi connectivity index (χ3n) is 3.78. The molecule has 2 aromatic rings. The monoisotopic (exact) mass is 382 g/mol. The summed E-state index contributed by atoms with van der Waals surface area (Å²) in [6.07, 6.45) is -0.00641. The van der Waals surface area contributed by atoms with Crippen LogP contribution in [0.1, 0.15) is 18.1 Å². The van der Waals surface area contributed by atoms with Gasteiger partial charge in [-0.05, 0) is 31.2 Å². The van der Waals surface area contributed by atoms with Crippen LogP contribution in [-0.4, -0.2) is 36.2 Å². The van der Waals surface area contributed by atoms with Gasteiger partial charge >= 0.3 is 0 Å². The summed E-state index contributed by atoms with van der Waals surface area (Å²) in [6.45, 7) is 1.47. The SMILES string of the molecule is CC(OCCS(=O)(=O)O)Oc1ccc2c(c1)Cc1ccccc1[S+]2[O-]. The molecule has 6 nitrogen and oxygen atoms in total. The Morgan fingerprint density at radius 3 is 2.68 bits per heavy atom. The average molecular weight is 382 g/mol. The minimum Gasteiger partial charge on any atom is -0.606 e. The van der Waals surface area contributed by atoms with Gasteiger partial charge in [-0.1, -0.05) is 18.2 Å². The van der Waals surface area contributed by atoms with Gasteiger partial charge in [-0.3, -0.25) is 4.55 Å². The number of rotatable bonds is 6. The van der Waals surface area contributed by atoms with Crippen molar-refractivity contribution in [3.05, 3.63) is 53.6 Å². The number of hydrogen-bond donors (Lipinski definition) is 1. The molecule has 1 N–H and O–H groups in total. The van der Waals surface area contributed by atoms with Crippen LogP contribution in [0.2, 0.25) is 0 Å². The molecular weight excluding hydrogens is 364 g/mol. The summed E-state index contributed by atoms with van der Waals surface area (Å²) < 4.78 is 53.5. The standard InChI is InChI=1S/C17H18O6S2/c1-12(22-8-9-25(19,20)21)23-15-6-7-17-14(11-15)10-13-4-2-3-5-16(13)24(17)18/h2-7,11-12H,8-10H2,1H3,(H,19,20,21). The minimum atomic E-state index is -4.05. The highest BCUT2D eigenvalue weighted by Gasteiger charge is 2.28. The predicted molar refractivity (Wildman–Crippen MR) is 92.8 cm³/mol. The molecule has 0 radical (unpaired) electrons. The number of fused-ring (bicyclic) bond motifs is 2. The largest absolute Gasteiger partial charge is 0.606 e. The van der Waals surface area contributed by atoms with Gasteiger partial charge in [-0.2, -0.15) is 8.42 Å². The van der Waals surface area contributed by atoms with Crippen LogP contribution in [0.25, 0.3) is 0 Å². The number of ether oxygens (including phenoxy) is 2. The highest BCUT2D eigenvalue weighted by molar-refractivity contribution is 7.91. The molecule has 0 aliphatic carbocycles. The van der Waals surface area contributed by atoms with E-state index in [4.69, 9.17) is 14.0 Å². The molecule has 0 amide bonds. The quantitative estimate of drug-likeness (QED) is 0.468. The first-order valence-corrected chi connectivity index (χ1v) is 10.5. The van der Waals surface area contributed by atoms with E-state index in [9.17, 15) is 13.0 Å². The zero-order valence-electron chi connectivity index (χ0n) is 13.5. The van der Waals surface area contributed by atoms with E-state index in [1.807, 2.05) is 30.3 Å². The smallest absolute Gasteiger partial charge is 0.267 e. The molecule has 1 heterocycles. The molecule has 2 aromatic carbocycles. The third kappa shape index (κ3) is 4.53. The lowest BCUT2D eigenvalue weighted by Crippen LogP contribution is -2.21. The lowest BCUT2D eigenvalue weighted by molar-refractivity contribution is -0.0607. The number of benzene rings is 2. The van der Waals surface area contributed by atoms with Crippen molar-refractivity contribution in [1.29, 1.82) is 0 Å². The van der Waals surface area contributed by atoms with Crippen LogP contribution in [0.5, 0.6) is 5.75 Å². The molecule has 0 fully saturated rings. The van der Waals surface area contributed by atoms with Crippen LogP contribution >= 0.6 is 0 Å². The highest BCUT2D eigenvalue weighted by Crippen LogP contribution is 2.36. The summed E-state index contributed by atoms with van der Waals surface area (Å²) in [7, 11) is -4.05. The Labute approximate surface area is 149 Å². The molecule has 8 heteroatoms. The van der Waals surface area contributed by atoms with E-state index < -0.39 is 33.3 Å². The topological polar surface area (TPSA) is 95.9 Å². The van der Waals surface area contributed by atoms with Crippen LogP contribution in [0.15, 0.2) is 52.3 Å². The molecule has 25 heavy (non-hydrogen) atoms. The summed E-state index contributed by atoms with van der Waals surface area (Å²) in [6, 6.07) is 13.0. The summed E-state index contributed by atoms with van der Waals surface area (Å²) in [5.74, 6) is 0.0650. The first-order valence-electron chi connectivity index (χ1n) is 7.69. The summed E-state index contributed by atoms with van der Waals surface area (Å²) in [5.41, 5.74) is 1.96. The first kappa shape index (κ1) is 18.2. The van der Waals surface area contributed by atoms with Gasteiger partial charge < -0.3 is 14.0 Å². The van der Waals surface area contributed by atoms with Crippen molar-refractivity contribution in [3.63, 3.8) is 0 Å². The Balaban J connectivity index is 1.68. The molecule has 0 bridgehead atoms. The summed E-state index contributed by atoms with van der Waals surface area (Å²) in [5, 5.41) is 0. The predicted octanol–water partition coefficient (Wildman–Crippen LogP) is 2.39. The second-order valence-corrected chi connectivity index (χ2v) is 8.65. The Bertz CT molecular complexity index is 865. The van der Waals surface area contributed by atoms with Crippen LogP contribution in [0.4, 0.5) is 0 Å². The van der Waals surface area contributed by atoms with Gasteiger partial charge in [0.05, 0.1) is 12.4 Å². The van der Waals surface area contributed by atoms with Crippen LogP contribution in [0, 0.1) is 0 Å². The van der Waals surface area contributed by atoms with Crippen LogP contribution in [0.3, 0.4) is 0 Å². The molecular formula is C17H18O6S2. The Kier molecular flexibility index (Phi) is 5.35. The fraction of sp³-hybridized carbons (Fsp3) is 0.294. The van der Waals surface area contributed by atoms with Crippen molar-refractivity contribution in [1.82, 2.24) is 0 Å². The van der Waals surface area contributed by atoms with Gasteiger partial charge in [0, 0.05) is 28.7 Å². The van der Waals surface area contributed by atoms with E-state index in [2.05, 4.69) is 0 Å². The fourth-order valence-electron chi connectivity index (χ4n) is 2.65. The fourth-order valence-corrected chi connectivity index (χ4v) is 4.33. The zero-order valence-corrected chi connectivity index (χ0v) is 15.2.